The van der Waals surface area contributed by atoms with Crippen LogP contribution in [0.2, 0.25) is 10.0 Å². The van der Waals surface area contributed by atoms with Crippen LogP contribution < -0.4 is 21.5 Å². The van der Waals surface area contributed by atoms with E-state index in [4.69, 9.17) is 23.2 Å². The van der Waals surface area contributed by atoms with Gasteiger partial charge >= 0.3 is 0 Å². The van der Waals surface area contributed by atoms with Crippen LogP contribution >= 0.6 is 35.0 Å². The second kappa shape index (κ2) is 7.14. The summed E-state index contributed by atoms with van der Waals surface area (Å²) < 4.78 is 0. The fourth-order valence-electron chi connectivity index (χ4n) is 1.52. The van der Waals surface area contributed by atoms with E-state index >= 15 is 0 Å². The summed E-state index contributed by atoms with van der Waals surface area (Å²) in [5.41, 5.74) is 5.76. The average Bonchev–Trinajstić information content (AvgIpc) is 2.35. The van der Waals surface area contributed by atoms with E-state index in [1.54, 1.807) is 18.2 Å². The Morgan fingerprint density at radius 2 is 2.05 bits per heavy atom. The van der Waals surface area contributed by atoms with E-state index in [-0.39, 0.29) is 29.6 Å². The molecule has 0 aliphatic carbocycles. The largest absolute Gasteiger partial charge is 0.330 e. The molecule has 1 fully saturated rings. The number of thioether (sulfide) groups is 1. The molecule has 0 spiro atoms. The van der Waals surface area contributed by atoms with Gasteiger partial charge in [0.2, 0.25) is 11.8 Å². The molecule has 20 heavy (non-hydrogen) atoms. The molecule has 0 saturated carbocycles. The SMILES string of the molecule is O=C(CSC1NNCC(=O)N1)Nc1cc(Cl)cc(Cl)c1. The van der Waals surface area contributed by atoms with Crippen molar-refractivity contribution in [3.8, 4) is 0 Å². The van der Waals surface area contributed by atoms with Crippen molar-refractivity contribution >= 4 is 52.5 Å². The molecule has 0 aromatic heterocycles. The monoisotopic (exact) mass is 334 g/mol. The minimum atomic E-state index is -0.343. The maximum absolute atomic E-state index is 11.8. The Morgan fingerprint density at radius 3 is 2.70 bits per heavy atom. The highest BCUT2D eigenvalue weighted by Crippen LogP contribution is 2.22. The normalized spacial score (nSPS) is 18.5. The number of hydrogen-bond donors (Lipinski definition) is 4. The van der Waals surface area contributed by atoms with Crippen molar-refractivity contribution in [2.24, 2.45) is 0 Å². The second-order valence-electron chi connectivity index (χ2n) is 3.96. The quantitative estimate of drug-likeness (QED) is 0.664. The molecule has 1 atom stereocenters. The van der Waals surface area contributed by atoms with Crippen LogP contribution in [0.4, 0.5) is 5.69 Å². The summed E-state index contributed by atoms with van der Waals surface area (Å²) in [6.45, 7) is 0.213. The number of anilines is 1. The second-order valence-corrected chi connectivity index (χ2v) is 5.93. The van der Waals surface area contributed by atoms with Gasteiger partial charge in [0, 0.05) is 15.7 Å². The number of rotatable bonds is 4. The first-order valence-electron chi connectivity index (χ1n) is 5.68. The number of benzene rings is 1. The molecule has 2 rings (SSSR count). The molecule has 2 amide bonds. The number of carbonyl (C=O) groups excluding carboxylic acids is 2. The van der Waals surface area contributed by atoms with Gasteiger partial charge in [-0.2, -0.15) is 0 Å². The van der Waals surface area contributed by atoms with Crippen molar-refractivity contribution in [3.05, 3.63) is 28.2 Å². The van der Waals surface area contributed by atoms with Crippen molar-refractivity contribution in [1.82, 2.24) is 16.2 Å². The maximum Gasteiger partial charge on any atom is 0.237 e. The lowest BCUT2D eigenvalue weighted by Crippen LogP contribution is -2.58. The first kappa shape index (κ1) is 15.4. The van der Waals surface area contributed by atoms with Crippen molar-refractivity contribution in [3.63, 3.8) is 0 Å². The van der Waals surface area contributed by atoms with Crippen LogP contribution in [0.1, 0.15) is 0 Å². The highest BCUT2D eigenvalue weighted by molar-refractivity contribution is 8.00. The van der Waals surface area contributed by atoms with Gasteiger partial charge in [-0.1, -0.05) is 23.2 Å². The molecule has 1 heterocycles. The predicted octanol–water partition coefficient (Wildman–Crippen LogP) is 1.17. The minimum Gasteiger partial charge on any atom is -0.330 e. The Balaban J connectivity index is 1.81. The highest BCUT2D eigenvalue weighted by Gasteiger charge is 2.18. The summed E-state index contributed by atoms with van der Waals surface area (Å²) in [4.78, 5) is 22.9. The maximum atomic E-state index is 11.8. The first-order chi connectivity index (χ1) is 9.52. The molecule has 4 N–H and O–H groups in total. The van der Waals surface area contributed by atoms with Crippen LogP contribution in [0.3, 0.4) is 0 Å². The molecule has 9 heteroatoms. The molecule has 1 aromatic carbocycles. The molecule has 1 saturated heterocycles. The third-order valence-corrected chi connectivity index (χ3v) is 3.74. The molecule has 6 nitrogen and oxygen atoms in total. The Bertz CT molecular complexity index is 509. The average molecular weight is 335 g/mol. The van der Waals surface area contributed by atoms with Gasteiger partial charge in [0.25, 0.3) is 0 Å². The Kier molecular flexibility index (Phi) is 5.50. The topological polar surface area (TPSA) is 82.3 Å². The van der Waals surface area contributed by atoms with Gasteiger partial charge in [-0.15, -0.1) is 11.8 Å². The summed E-state index contributed by atoms with van der Waals surface area (Å²) in [7, 11) is 0. The van der Waals surface area contributed by atoms with Crippen molar-refractivity contribution in [2.75, 3.05) is 17.6 Å². The summed E-state index contributed by atoms with van der Waals surface area (Å²) in [6.07, 6.45) is 0. The zero-order valence-electron chi connectivity index (χ0n) is 10.2. The van der Waals surface area contributed by atoms with Gasteiger partial charge in [0.15, 0.2) is 0 Å². The molecule has 1 aromatic rings. The summed E-state index contributed by atoms with van der Waals surface area (Å²) in [5, 5.41) is 6.27. The van der Waals surface area contributed by atoms with Crippen molar-refractivity contribution < 1.29 is 9.59 Å². The summed E-state index contributed by atoms with van der Waals surface area (Å²) in [5.74, 6) is -0.165. The third-order valence-electron chi connectivity index (χ3n) is 2.30. The number of nitrogens with one attached hydrogen (secondary N) is 4. The van der Waals surface area contributed by atoms with E-state index in [0.29, 0.717) is 15.7 Å². The third kappa shape index (κ3) is 4.84. The number of hydrogen-bond acceptors (Lipinski definition) is 5. The van der Waals surface area contributed by atoms with Crippen LogP contribution in [0, 0.1) is 0 Å². The summed E-state index contributed by atoms with van der Waals surface area (Å²) >= 11 is 12.9. The van der Waals surface area contributed by atoms with Gasteiger partial charge < -0.3 is 10.6 Å². The van der Waals surface area contributed by atoms with E-state index < -0.39 is 0 Å². The van der Waals surface area contributed by atoms with Crippen LogP contribution in [-0.2, 0) is 9.59 Å². The van der Waals surface area contributed by atoms with Gasteiger partial charge in [-0.05, 0) is 18.2 Å². The van der Waals surface area contributed by atoms with Crippen LogP contribution in [0.5, 0.6) is 0 Å². The molecular weight excluding hydrogens is 323 g/mol. The lowest BCUT2D eigenvalue weighted by molar-refractivity contribution is -0.122. The summed E-state index contributed by atoms with van der Waals surface area (Å²) in [6, 6.07) is 4.80. The van der Waals surface area contributed by atoms with E-state index in [9.17, 15) is 9.59 Å². The Morgan fingerprint density at radius 1 is 1.35 bits per heavy atom. The van der Waals surface area contributed by atoms with Gasteiger partial charge in [0.1, 0.15) is 5.50 Å². The Hall–Kier alpha value is -0.990. The fraction of sp³-hybridized carbons (Fsp3) is 0.273. The van der Waals surface area contributed by atoms with E-state index in [1.165, 1.54) is 11.8 Å². The Labute approximate surface area is 129 Å². The number of carbonyl (C=O) groups is 2. The predicted molar refractivity (Wildman–Crippen MR) is 80.6 cm³/mol. The van der Waals surface area contributed by atoms with E-state index in [1.807, 2.05) is 0 Å². The zero-order chi connectivity index (χ0) is 14.5. The fourth-order valence-corrected chi connectivity index (χ4v) is 2.82. The van der Waals surface area contributed by atoms with E-state index in [0.717, 1.165) is 0 Å². The molecular formula is C11H12Cl2N4O2S. The van der Waals surface area contributed by atoms with Crippen LogP contribution in [-0.4, -0.2) is 29.6 Å². The molecule has 0 bridgehead atoms. The zero-order valence-corrected chi connectivity index (χ0v) is 12.5. The van der Waals surface area contributed by atoms with Crippen LogP contribution in [0.25, 0.3) is 0 Å². The smallest absolute Gasteiger partial charge is 0.237 e. The minimum absolute atomic E-state index is 0.122. The molecule has 1 aliphatic heterocycles. The lowest BCUT2D eigenvalue weighted by atomic mass is 10.3. The van der Waals surface area contributed by atoms with Gasteiger partial charge in [0.05, 0.1) is 12.3 Å². The lowest BCUT2D eigenvalue weighted by Gasteiger charge is -2.24. The van der Waals surface area contributed by atoms with Crippen molar-refractivity contribution in [1.29, 1.82) is 0 Å². The van der Waals surface area contributed by atoms with Gasteiger partial charge in [-0.25, -0.2) is 10.9 Å². The standard InChI is InChI=1S/C11H12Cl2N4O2S/c12-6-1-7(13)3-8(2-6)15-10(19)5-20-11-16-9(18)4-14-17-11/h1-3,11,14,17H,4-5H2,(H,15,19)(H,16,18). The molecule has 108 valence electrons. The van der Waals surface area contributed by atoms with Crippen LogP contribution in [0.15, 0.2) is 18.2 Å². The molecule has 1 aliphatic rings. The molecule has 0 radical (unpaired) electrons. The number of halogens is 2. The van der Waals surface area contributed by atoms with Crippen molar-refractivity contribution in [2.45, 2.75) is 5.50 Å². The van der Waals surface area contributed by atoms with E-state index in [2.05, 4.69) is 21.5 Å². The number of amides is 2. The van der Waals surface area contributed by atoms with Gasteiger partial charge in [-0.3, -0.25) is 9.59 Å². The number of hydrazine groups is 1. The highest BCUT2D eigenvalue weighted by atomic mass is 35.5. The first-order valence-corrected chi connectivity index (χ1v) is 7.49. The molecule has 1 unspecified atom stereocenters.